The van der Waals surface area contributed by atoms with E-state index >= 15 is 0 Å². The maximum Gasteiger partial charge on any atom is 0.316 e. The molecule has 1 saturated heterocycles. The standard InChI is InChI=1S/C9H12O5/c1-6(10)14-8(11)7-4-9(5-7)12-2-3-13-9/h7H,2-5H2,1H3. The summed E-state index contributed by atoms with van der Waals surface area (Å²) in [6, 6.07) is 0. The van der Waals surface area contributed by atoms with Gasteiger partial charge >= 0.3 is 11.9 Å². The maximum absolute atomic E-state index is 11.2. The van der Waals surface area contributed by atoms with E-state index < -0.39 is 17.7 Å². The lowest BCUT2D eigenvalue weighted by molar-refractivity contribution is -0.234. The van der Waals surface area contributed by atoms with Crippen LogP contribution < -0.4 is 0 Å². The van der Waals surface area contributed by atoms with E-state index in [-0.39, 0.29) is 5.92 Å². The summed E-state index contributed by atoms with van der Waals surface area (Å²) < 4.78 is 15.2. The van der Waals surface area contributed by atoms with E-state index in [0.29, 0.717) is 26.1 Å². The zero-order valence-corrected chi connectivity index (χ0v) is 7.95. The van der Waals surface area contributed by atoms with E-state index in [1.807, 2.05) is 0 Å². The van der Waals surface area contributed by atoms with Crippen molar-refractivity contribution in [3.8, 4) is 0 Å². The van der Waals surface area contributed by atoms with Gasteiger partial charge in [-0.25, -0.2) is 0 Å². The Balaban J connectivity index is 1.81. The molecule has 0 bridgehead atoms. The minimum Gasteiger partial charge on any atom is -0.393 e. The zero-order valence-electron chi connectivity index (χ0n) is 7.95. The third kappa shape index (κ3) is 1.65. The van der Waals surface area contributed by atoms with Crippen molar-refractivity contribution in [3.05, 3.63) is 0 Å². The largest absolute Gasteiger partial charge is 0.393 e. The fraction of sp³-hybridized carbons (Fsp3) is 0.778. The molecule has 0 aromatic carbocycles. The first kappa shape index (κ1) is 9.61. The second kappa shape index (κ2) is 3.33. The van der Waals surface area contributed by atoms with Crippen LogP contribution >= 0.6 is 0 Å². The minimum atomic E-state index is -0.566. The molecule has 0 N–H and O–H groups in total. The first-order valence-corrected chi connectivity index (χ1v) is 4.61. The molecule has 5 nitrogen and oxygen atoms in total. The fourth-order valence-corrected chi connectivity index (χ4v) is 1.82. The molecule has 0 aromatic heterocycles. The molecule has 5 heteroatoms. The van der Waals surface area contributed by atoms with Gasteiger partial charge in [0.15, 0.2) is 5.79 Å². The van der Waals surface area contributed by atoms with Crippen molar-refractivity contribution in [2.45, 2.75) is 25.6 Å². The van der Waals surface area contributed by atoms with E-state index in [1.54, 1.807) is 0 Å². The highest BCUT2D eigenvalue weighted by Gasteiger charge is 2.52. The molecule has 2 aliphatic rings. The number of rotatable bonds is 1. The molecule has 1 aliphatic heterocycles. The quantitative estimate of drug-likeness (QED) is 0.448. The van der Waals surface area contributed by atoms with Crippen molar-refractivity contribution in [2.24, 2.45) is 5.92 Å². The van der Waals surface area contributed by atoms with Crippen LogP contribution in [0, 0.1) is 5.92 Å². The van der Waals surface area contributed by atoms with Crippen LogP contribution in [0.3, 0.4) is 0 Å². The zero-order chi connectivity index (χ0) is 10.2. The predicted molar refractivity (Wildman–Crippen MR) is 44.1 cm³/mol. The molecule has 1 saturated carbocycles. The molecule has 2 fully saturated rings. The molecular formula is C9H12O5. The van der Waals surface area contributed by atoms with E-state index in [4.69, 9.17) is 9.47 Å². The molecule has 0 atom stereocenters. The highest BCUT2D eigenvalue weighted by molar-refractivity contribution is 5.86. The maximum atomic E-state index is 11.2. The Morgan fingerprint density at radius 1 is 1.29 bits per heavy atom. The molecule has 1 aliphatic carbocycles. The topological polar surface area (TPSA) is 61.8 Å². The van der Waals surface area contributed by atoms with Gasteiger partial charge in [-0.3, -0.25) is 9.59 Å². The van der Waals surface area contributed by atoms with Gasteiger partial charge in [-0.05, 0) is 0 Å². The molecule has 1 spiro atoms. The number of carbonyl (C=O) groups excluding carboxylic acids is 2. The van der Waals surface area contributed by atoms with Crippen molar-refractivity contribution >= 4 is 11.9 Å². The Kier molecular flexibility index (Phi) is 2.28. The smallest absolute Gasteiger partial charge is 0.316 e. The average Bonchev–Trinajstić information content (AvgIpc) is 2.47. The van der Waals surface area contributed by atoms with Crippen molar-refractivity contribution in [1.82, 2.24) is 0 Å². The van der Waals surface area contributed by atoms with Crippen LogP contribution in [0.15, 0.2) is 0 Å². The van der Waals surface area contributed by atoms with Crippen molar-refractivity contribution in [3.63, 3.8) is 0 Å². The van der Waals surface area contributed by atoms with Crippen molar-refractivity contribution in [1.29, 1.82) is 0 Å². The molecular weight excluding hydrogens is 188 g/mol. The lowest BCUT2D eigenvalue weighted by Gasteiger charge is -2.40. The summed E-state index contributed by atoms with van der Waals surface area (Å²) in [6.07, 6.45) is 0.998. The van der Waals surface area contributed by atoms with Gasteiger partial charge in [0.25, 0.3) is 0 Å². The van der Waals surface area contributed by atoms with Gasteiger partial charge in [0.2, 0.25) is 0 Å². The highest BCUT2D eigenvalue weighted by Crippen LogP contribution is 2.44. The lowest BCUT2D eigenvalue weighted by atomic mass is 9.79. The molecule has 2 rings (SSSR count). The minimum absolute atomic E-state index is 0.253. The Bertz CT molecular complexity index is 258. The first-order chi connectivity index (χ1) is 6.61. The normalized spacial score (nSPS) is 24.6. The van der Waals surface area contributed by atoms with Crippen LogP contribution in [0.2, 0.25) is 0 Å². The molecule has 1 heterocycles. The van der Waals surface area contributed by atoms with Crippen LogP contribution in [0.25, 0.3) is 0 Å². The van der Waals surface area contributed by atoms with Gasteiger partial charge in [0, 0.05) is 19.8 Å². The van der Waals surface area contributed by atoms with E-state index in [1.165, 1.54) is 6.92 Å². The Hall–Kier alpha value is -0.940. The van der Waals surface area contributed by atoms with Gasteiger partial charge < -0.3 is 14.2 Å². The van der Waals surface area contributed by atoms with E-state index in [9.17, 15) is 9.59 Å². The average molecular weight is 200 g/mol. The number of hydrogen-bond donors (Lipinski definition) is 0. The Morgan fingerprint density at radius 3 is 2.36 bits per heavy atom. The molecule has 0 unspecified atom stereocenters. The molecule has 0 aromatic rings. The van der Waals surface area contributed by atoms with Crippen LogP contribution in [0.5, 0.6) is 0 Å². The summed E-state index contributed by atoms with van der Waals surface area (Å²) in [4.78, 5) is 21.7. The summed E-state index contributed by atoms with van der Waals surface area (Å²) in [5.74, 6) is -1.84. The monoisotopic (exact) mass is 200 g/mol. The van der Waals surface area contributed by atoms with Crippen LogP contribution in [-0.4, -0.2) is 30.9 Å². The van der Waals surface area contributed by atoms with Crippen molar-refractivity contribution in [2.75, 3.05) is 13.2 Å². The molecule has 0 radical (unpaired) electrons. The molecule has 78 valence electrons. The molecule has 14 heavy (non-hydrogen) atoms. The third-order valence-electron chi connectivity index (χ3n) is 2.51. The fourth-order valence-electron chi connectivity index (χ4n) is 1.82. The number of hydrogen-bond acceptors (Lipinski definition) is 5. The van der Waals surface area contributed by atoms with E-state index in [2.05, 4.69) is 4.74 Å². The van der Waals surface area contributed by atoms with Gasteiger partial charge in [0.05, 0.1) is 19.1 Å². The van der Waals surface area contributed by atoms with Crippen LogP contribution in [-0.2, 0) is 23.8 Å². The lowest BCUT2D eigenvalue weighted by Crippen LogP contribution is -2.48. The highest BCUT2D eigenvalue weighted by atomic mass is 16.7. The van der Waals surface area contributed by atoms with E-state index in [0.717, 1.165) is 0 Å². The number of esters is 2. The Morgan fingerprint density at radius 2 is 1.86 bits per heavy atom. The second-order valence-electron chi connectivity index (χ2n) is 3.63. The summed E-state index contributed by atoms with van der Waals surface area (Å²) in [5, 5.41) is 0. The van der Waals surface area contributed by atoms with Gasteiger partial charge in [0.1, 0.15) is 0 Å². The summed E-state index contributed by atoms with van der Waals surface area (Å²) >= 11 is 0. The van der Waals surface area contributed by atoms with Gasteiger partial charge in [-0.1, -0.05) is 0 Å². The van der Waals surface area contributed by atoms with Gasteiger partial charge in [-0.2, -0.15) is 0 Å². The first-order valence-electron chi connectivity index (χ1n) is 4.61. The second-order valence-corrected chi connectivity index (χ2v) is 3.63. The van der Waals surface area contributed by atoms with Gasteiger partial charge in [-0.15, -0.1) is 0 Å². The summed E-state index contributed by atoms with van der Waals surface area (Å²) in [5.41, 5.74) is 0. The predicted octanol–water partition coefficient (Wildman–Crippen LogP) is 0.229. The Labute approximate surface area is 81.3 Å². The van der Waals surface area contributed by atoms with Crippen LogP contribution in [0.1, 0.15) is 19.8 Å². The SMILES string of the molecule is CC(=O)OC(=O)C1CC2(C1)OCCO2. The molecule has 0 amide bonds. The van der Waals surface area contributed by atoms with Crippen LogP contribution in [0.4, 0.5) is 0 Å². The number of carbonyl (C=O) groups is 2. The number of ether oxygens (including phenoxy) is 3. The summed E-state index contributed by atoms with van der Waals surface area (Å²) in [7, 11) is 0. The third-order valence-corrected chi connectivity index (χ3v) is 2.51. The summed E-state index contributed by atoms with van der Waals surface area (Å²) in [6.45, 7) is 2.37. The van der Waals surface area contributed by atoms with Crippen molar-refractivity contribution < 1.29 is 23.8 Å².